The van der Waals surface area contributed by atoms with Gasteiger partial charge in [0.15, 0.2) is 0 Å². The number of para-hydroxylation sites is 2. The molecule has 5 N–H and O–H groups in total. The van der Waals surface area contributed by atoms with Crippen molar-refractivity contribution in [3.05, 3.63) is 96.1 Å². The van der Waals surface area contributed by atoms with E-state index in [-0.39, 0.29) is 18.8 Å². The summed E-state index contributed by atoms with van der Waals surface area (Å²) in [6, 6.07) is 24.9. The molecule has 0 aliphatic rings. The Morgan fingerprint density at radius 3 is 2.02 bits per heavy atom. The van der Waals surface area contributed by atoms with Gasteiger partial charge in [-0.05, 0) is 69.2 Å². The van der Waals surface area contributed by atoms with Crippen molar-refractivity contribution in [1.29, 1.82) is 0 Å². The third-order valence-corrected chi connectivity index (χ3v) is 7.56. The first-order valence-electron chi connectivity index (χ1n) is 15.7. The molecule has 1 heterocycles. The van der Waals surface area contributed by atoms with Crippen LogP contribution in [0.2, 0.25) is 0 Å². The highest BCUT2D eigenvalue weighted by Gasteiger charge is 2.32. The van der Waals surface area contributed by atoms with Crippen molar-refractivity contribution in [3.8, 4) is 0 Å². The molecule has 4 rings (SSSR count). The Bertz CT molecular complexity index is 1550. The van der Waals surface area contributed by atoms with Crippen LogP contribution in [-0.4, -0.2) is 56.8 Å². The molecule has 0 aliphatic heterocycles. The molecule has 1 aromatic heterocycles. The number of amides is 3. The van der Waals surface area contributed by atoms with Crippen LogP contribution < -0.4 is 16.0 Å². The summed E-state index contributed by atoms with van der Waals surface area (Å²) in [5, 5.41) is 20.1. The van der Waals surface area contributed by atoms with Crippen LogP contribution in [0, 0.1) is 11.8 Å². The average Bonchev–Trinajstić information content (AvgIpc) is 3.42. The molecule has 10 nitrogen and oxygen atoms in total. The highest BCUT2D eigenvalue weighted by molar-refractivity contribution is 6.00. The third kappa shape index (κ3) is 10.2. The monoisotopic (exact) mass is 627 g/mol. The van der Waals surface area contributed by atoms with Gasteiger partial charge in [-0.15, -0.1) is 0 Å². The summed E-state index contributed by atoms with van der Waals surface area (Å²) >= 11 is 0. The molecule has 0 saturated carbocycles. The van der Waals surface area contributed by atoms with Gasteiger partial charge in [-0.2, -0.15) is 0 Å². The van der Waals surface area contributed by atoms with Gasteiger partial charge in [0, 0.05) is 5.92 Å². The number of alkyl carbamates (subject to hydrolysis) is 1. The minimum absolute atomic E-state index is 0.00927. The molecule has 0 radical (unpaired) electrons. The predicted molar refractivity (Wildman–Crippen MR) is 179 cm³/mol. The van der Waals surface area contributed by atoms with Crippen LogP contribution in [0.5, 0.6) is 0 Å². The SMILES string of the molecule is CC(C)[C@@H](Nc1nc2ccccc2[nH]1)C(=O)NC(=O)C(Cc1ccccc1)C[C@H](O)[C@H](Cc1ccccc1)NC(=O)OC(C)(C)C. The molecule has 4 atom stereocenters. The number of carbonyl (C=O) groups excluding carboxylic acids is 3. The highest BCUT2D eigenvalue weighted by atomic mass is 16.6. The lowest BCUT2D eigenvalue weighted by molar-refractivity contribution is -0.134. The van der Waals surface area contributed by atoms with Crippen LogP contribution in [0.3, 0.4) is 0 Å². The number of ether oxygens (including phenoxy) is 1. The number of fused-ring (bicyclic) bond motifs is 1. The van der Waals surface area contributed by atoms with Crippen LogP contribution in [0.4, 0.5) is 10.7 Å². The third-order valence-electron chi connectivity index (χ3n) is 7.56. The molecular weight excluding hydrogens is 582 g/mol. The first-order valence-corrected chi connectivity index (χ1v) is 15.7. The second-order valence-electron chi connectivity index (χ2n) is 13.0. The topological polar surface area (TPSA) is 145 Å². The molecule has 46 heavy (non-hydrogen) atoms. The Kier molecular flexibility index (Phi) is 11.5. The number of aromatic nitrogens is 2. The zero-order valence-corrected chi connectivity index (χ0v) is 27.1. The number of nitrogens with one attached hydrogen (secondary N) is 4. The largest absolute Gasteiger partial charge is 0.444 e. The fourth-order valence-electron chi connectivity index (χ4n) is 5.25. The number of aliphatic hydroxyl groups excluding tert-OH is 1. The number of rotatable bonds is 13. The van der Waals surface area contributed by atoms with Crippen LogP contribution in [-0.2, 0) is 27.2 Å². The Balaban J connectivity index is 1.53. The number of carbonyl (C=O) groups is 3. The van der Waals surface area contributed by atoms with E-state index in [1.165, 1.54) is 0 Å². The van der Waals surface area contributed by atoms with Gasteiger partial charge >= 0.3 is 6.09 Å². The van der Waals surface area contributed by atoms with Crippen molar-refractivity contribution in [3.63, 3.8) is 0 Å². The Morgan fingerprint density at radius 2 is 1.43 bits per heavy atom. The second kappa shape index (κ2) is 15.5. The van der Waals surface area contributed by atoms with Crippen LogP contribution in [0.1, 0.15) is 52.2 Å². The average molecular weight is 628 g/mol. The summed E-state index contributed by atoms with van der Waals surface area (Å²) in [6.45, 7) is 9.05. The van der Waals surface area contributed by atoms with E-state index in [4.69, 9.17) is 4.74 Å². The van der Waals surface area contributed by atoms with Gasteiger partial charge in [-0.3, -0.25) is 14.9 Å². The van der Waals surface area contributed by atoms with E-state index in [0.717, 1.165) is 22.2 Å². The fourth-order valence-corrected chi connectivity index (χ4v) is 5.25. The predicted octanol–water partition coefficient (Wildman–Crippen LogP) is 5.39. The van der Waals surface area contributed by atoms with E-state index in [1.807, 2.05) is 98.8 Å². The maximum absolute atomic E-state index is 13.8. The van der Waals surface area contributed by atoms with Crippen LogP contribution in [0.15, 0.2) is 84.9 Å². The maximum atomic E-state index is 13.8. The zero-order chi connectivity index (χ0) is 33.3. The molecule has 1 unspecified atom stereocenters. The second-order valence-corrected chi connectivity index (χ2v) is 13.0. The summed E-state index contributed by atoms with van der Waals surface area (Å²) in [7, 11) is 0. The van der Waals surface area contributed by atoms with Gasteiger partial charge in [0.25, 0.3) is 0 Å². The molecule has 10 heteroatoms. The highest BCUT2D eigenvalue weighted by Crippen LogP contribution is 2.21. The molecule has 244 valence electrons. The van der Waals surface area contributed by atoms with Crippen molar-refractivity contribution >= 4 is 34.9 Å². The number of aliphatic hydroxyl groups is 1. The number of aromatic amines is 1. The molecule has 4 aromatic rings. The maximum Gasteiger partial charge on any atom is 0.407 e. The Hall–Kier alpha value is -4.70. The first kappa shape index (κ1) is 34.2. The summed E-state index contributed by atoms with van der Waals surface area (Å²) in [6.07, 6.45) is -1.20. The molecule has 0 bridgehead atoms. The normalized spacial score (nSPS) is 14.2. The van der Waals surface area contributed by atoms with Gasteiger partial charge in [0.2, 0.25) is 17.8 Å². The molecule has 0 spiro atoms. The summed E-state index contributed by atoms with van der Waals surface area (Å²) in [5.41, 5.74) is 2.63. The molecule has 0 aliphatic carbocycles. The smallest absolute Gasteiger partial charge is 0.407 e. The molecular formula is C36H45N5O5. The summed E-state index contributed by atoms with van der Waals surface area (Å²) in [5.74, 6) is -1.54. The molecule has 0 fully saturated rings. The van der Waals surface area contributed by atoms with E-state index >= 15 is 0 Å². The molecule has 3 aromatic carbocycles. The lowest BCUT2D eigenvalue weighted by Crippen LogP contribution is -2.50. The van der Waals surface area contributed by atoms with E-state index in [0.29, 0.717) is 12.4 Å². The van der Waals surface area contributed by atoms with Crippen molar-refractivity contribution in [2.24, 2.45) is 11.8 Å². The van der Waals surface area contributed by atoms with E-state index in [1.54, 1.807) is 20.8 Å². The minimum atomic E-state index is -1.13. The van der Waals surface area contributed by atoms with Crippen molar-refractivity contribution < 1.29 is 24.2 Å². The van der Waals surface area contributed by atoms with E-state index in [9.17, 15) is 19.5 Å². The lowest BCUT2D eigenvalue weighted by Gasteiger charge is -2.29. The van der Waals surface area contributed by atoms with Gasteiger partial charge < -0.3 is 25.5 Å². The molecule has 0 saturated heterocycles. The van der Waals surface area contributed by atoms with Crippen LogP contribution >= 0.6 is 0 Å². The minimum Gasteiger partial charge on any atom is -0.444 e. The quantitative estimate of drug-likeness (QED) is 0.134. The van der Waals surface area contributed by atoms with Gasteiger partial charge in [0.1, 0.15) is 11.6 Å². The van der Waals surface area contributed by atoms with Crippen molar-refractivity contribution in [2.75, 3.05) is 5.32 Å². The summed E-state index contributed by atoms with van der Waals surface area (Å²) in [4.78, 5) is 47.8. The van der Waals surface area contributed by atoms with Gasteiger partial charge in [-0.25, -0.2) is 9.78 Å². The standard InChI is InChI=1S/C36H45N5O5/c1-23(2)31(40-34-37-27-18-12-13-19-28(27)38-34)33(44)41-32(43)26(20-24-14-8-6-9-15-24)22-30(42)29(21-25-16-10-7-11-17-25)39-35(45)46-36(3,4)5/h6-19,23,26,29-31,42H,20-22H2,1-5H3,(H,39,45)(H2,37,38,40)(H,41,43,44)/t26?,29-,30-,31+/m0/s1. The fraction of sp³-hybridized carbons (Fsp3) is 0.389. The number of H-pyrrole nitrogens is 1. The zero-order valence-electron chi connectivity index (χ0n) is 27.1. The van der Waals surface area contributed by atoms with E-state index < -0.39 is 47.6 Å². The molecule has 3 amide bonds. The number of nitrogens with zero attached hydrogens (tertiary/aromatic N) is 1. The number of benzene rings is 3. The number of imide groups is 1. The Labute approximate surface area is 270 Å². The number of imidazole rings is 1. The first-order chi connectivity index (χ1) is 21.9. The van der Waals surface area contributed by atoms with Gasteiger partial charge in [-0.1, -0.05) is 86.6 Å². The Morgan fingerprint density at radius 1 is 0.848 bits per heavy atom. The van der Waals surface area contributed by atoms with Crippen LogP contribution in [0.25, 0.3) is 11.0 Å². The number of anilines is 1. The van der Waals surface area contributed by atoms with E-state index in [2.05, 4.69) is 25.9 Å². The van der Waals surface area contributed by atoms with Crippen molar-refractivity contribution in [1.82, 2.24) is 20.6 Å². The van der Waals surface area contributed by atoms with Gasteiger partial charge in [0.05, 0.1) is 23.2 Å². The lowest BCUT2D eigenvalue weighted by atomic mass is 9.88. The summed E-state index contributed by atoms with van der Waals surface area (Å²) < 4.78 is 5.47. The van der Waals surface area contributed by atoms with Crippen molar-refractivity contribution in [2.45, 2.75) is 77.7 Å². The number of hydrogen-bond donors (Lipinski definition) is 5. The number of hydrogen-bond acceptors (Lipinski definition) is 7.